The molecular weight excluding hydrogens is 326 g/mol. The van der Waals surface area contributed by atoms with Crippen molar-refractivity contribution in [2.24, 2.45) is 0 Å². The van der Waals surface area contributed by atoms with Gasteiger partial charge in [-0.05, 0) is 38.4 Å². The second-order valence-electron chi connectivity index (χ2n) is 6.58. The molecule has 0 amide bonds. The number of rotatable bonds is 18. The Kier molecular flexibility index (Phi) is 14.9. The molecule has 1 atom stereocenters. The zero-order chi connectivity index (χ0) is 18.7. The van der Waals surface area contributed by atoms with Crippen molar-refractivity contribution in [1.29, 1.82) is 0 Å². The highest BCUT2D eigenvalue weighted by molar-refractivity contribution is 5.20. The largest absolute Gasteiger partial charge is 0.491 e. The Balaban J connectivity index is 1.78. The third kappa shape index (κ3) is 13.9. The molecule has 1 unspecified atom stereocenters. The molecule has 0 spiro atoms. The highest BCUT2D eigenvalue weighted by Gasteiger charge is 2.02. The summed E-state index contributed by atoms with van der Waals surface area (Å²) in [6.45, 7) is 9.39. The van der Waals surface area contributed by atoms with Crippen LogP contribution in [0.1, 0.15) is 51.9 Å². The summed E-state index contributed by atoms with van der Waals surface area (Å²) < 4.78 is 16.8. The predicted octanol–water partition coefficient (Wildman–Crippen LogP) is 4.95. The first kappa shape index (κ1) is 22.7. The fourth-order valence-corrected chi connectivity index (χ4v) is 2.56. The molecule has 1 aromatic carbocycles. The van der Waals surface area contributed by atoms with Gasteiger partial charge in [-0.15, -0.1) is 6.58 Å². The Morgan fingerprint density at radius 3 is 2.42 bits per heavy atom. The SMILES string of the molecule is C=CCOCCCCCCCCCNCOC(C)COc1ccccc1. The van der Waals surface area contributed by atoms with Gasteiger partial charge in [0.15, 0.2) is 0 Å². The minimum atomic E-state index is 0.0816. The van der Waals surface area contributed by atoms with Crippen molar-refractivity contribution in [3.05, 3.63) is 43.0 Å². The molecule has 0 saturated heterocycles. The first-order valence-corrected chi connectivity index (χ1v) is 10.0. The maximum atomic E-state index is 5.71. The van der Waals surface area contributed by atoms with Gasteiger partial charge in [-0.2, -0.15) is 0 Å². The number of para-hydroxylation sites is 1. The predicted molar refractivity (Wildman–Crippen MR) is 109 cm³/mol. The second kappa shape index (κ2) is 17.1. The second-order valence-corrected chi connectivity index (χ2v) is 6.58. The Labute approximate surface area is 159 Å². The summed E-state index contributed by atoms with van der Waals surface area (Å²) in [7, 11) is 0. The van der Waals surface area contributed by atoms with Gasteiger partial charge in [-0.1, -0.05) is 56.4 Å². The molecule has 0 fully saturated rings. The Morgan fingerprint density at radius 2 is 1.69 bits per heavy atom. The van der Waals surface area contributed by atoms with Crippen molar-refractivity contribution in [3.63, 3.8) is 0 Å². The van der Waals surface area contributed by atoms with Gasteiger partial charge in [0.05, 0.1) is 19.4 Å². The van der Waals surface area contributed by atoms with Gasteiger partial charge in [-0.3, -0.25) is 5.32 Å². The summed E-state index contributed by atoms with van der Waals surface area (Å²) >= 11 is 0. The molecule has 0 aliphatic heterocycles. The Bertz CT molecular complexity index is 425. The van der Waals surface area contributed by atoms with Crippen LogP contribution in [0.2, 0.25) is 0 Å². The van der Waals surface area contributed by atoms with E-state index in [2.05, 4.69) is 11.9 Å². The third-order valence-electron chi connectivity index (χ3n) is 4.08. The molecule has 1 N–H and O–H groups in total. The maximum Gasteiger partial charge on any atom is 0.119 e. The van der Waals surface area contributed by atoms with Crippen LogP contribution in [-0.2, 0) is 9.47 Å². The lowest BCUT2D eigenvalue weighted by Gasteiger charge is -2.14. The molecule has 26 heavy (non-hydrogen) atoms. The molecule has 0 bridgehead atoms. The minimum absolute atomic E-state index is 0.0816. The number of benzene rings is 1. The monoisotopic (exact) mass is 363 g/mol. The van der Waals surface area contributed by atoms with E-state index in [1.165, 1.54) is 44.9 Å². The smallest absolute Gasteiger partial charge is 0.119 e. The fraction of sp³-hybridized carbons (Fsp3) is 0.636. The van der Waals surface area contributed by atoms with Crippen LogP contribution >= 0.6 is 0 Å². The molecule has 0 aromatic heterocycles. The Morgan fingerprint density at radius 1 is 1.00 bits per heavy atom. The lowest BCUT2D eigenvalue weighted by atomic mass is 10.1. The number of nitrogens with one attached hydrogen (secondary N) is 1. The van der Waals surface area contributed by atoms with E-state index < -0.39 is 0 Å². The van der Waals surface area contributed by atoms with Gasteiger partial charge in [0.2, 0.25) is 0 Å². The highest BCUT2D eigenvalue weighted by atomic mass is 16.5. The van der Waals surface area contributed by atoms with Gasteiger partial charge in [0.1, 0.15) is 12.4 Å². The van der Waals surface area contributed by atoms with E-state index >= 15 is 0 Å². The van der Waals surface area contributed by atoms with Crippen molar-refractivity contribution in [2.75, 3.05) is 33.1 Å². The molecule has 0 heterocycles. The van der Waals surface area contributed by atoms with Crippen LogP contribution in [0.5, 0.6) is 5.75 Å². The molecular formula is C22H37NO3. The van der Waals surface area contributed by atoms with Crippen molar-refractivity contribution in [2.45, 2.75) is 58.0 Å². The summed E-state index contributed by atoms with van der Waals surface area (Å²) in [5.74, 6) is 0.889. The van der Waals surface area contributed by atoms with Gasteiger partial charge in [0, 0.05) is 6.61 Å². The molecule has 4 heteroatoms. The summed E-state index contributed by atoms with van der Waals surface area (Å²) in [4.78, 5) is 0. The summed E-state index contributed by atoms with van der Waals surface area (Å²) in [5, 5.41) is 3.34. The minimum Gasteiger partial charge on any atom is -0.491 e. The zero-order valence-corrected chi connectivity index (χ0v) is 16.5. The van der Waals surface area contributed by atoms with E-state index in [0.717, 1.165) is 18.9 Å². The van der Waals surface area contributed by atoms with E-state index in [4.69, 9.17) is 14.2 Å². The van der Waals surface area contributed by atoms with Gasteiger partial charge >= 0.3 is 0 Å². The van der Waals surface area contributed by atoms with Crippen molar-refractivity contribution in [1.82, 2.24) is 5.32 Å². The fourth-order valence-electron chi connectivity index (χ4n) is 2.56. The topological polar surface area (TPSA) is 39.7 Å². The van der Waals surface area contributed by atoms with Crippen LogP contribution in [0.25, 0.3) is 0 Å². The van der Waals surface area contributed by atoms with Crippen molar-refractivity contribution < 1.29 is 14.2 Å². The quantitative estimate of drug-likeness (QED) is 0.227. The third-order valence-corrected chi connectivity index (χ3v) is 4.08. The van der Waals surface area contributed by atoms with E-state index in [0.29, 0.717) is 19.9 Å². The van der Waals surface area contributed by atoms with Crippen molar-refractivity contribution in [3.8, 4) is 5.75 Å². The first-order chi connectivity index (χ1) is 12.8. The van der Waals surface area contributed by atoms with Crippen LogP contribution in [-0.4, -0.2) is 39.2 Å². The first-order valence-electron chi connectivity index (χ1n) is 10.0. The average Bonchev–Trinajstić information content (AvgIpc) is 2.67. The van der Waals surface area contributed by atoms with Gasteiger partial charge in [-0.25, -0.2) is 0 Å². The molecule has 1 aromatic rings. The lowest BCUT2D eigenvalue weighted by Crippen LogP contribution is -2.26. The standard InChI is InChI=1S/C22H37NO3/c1-3-17-24-18-13-8-6-4-5-7-12-16-23-20-26-21(2)19-25-22-14-10-9-11-15-22/h3,9-11,14-15,21,23H,1,4-8,12-13,16-20H2,2H3. The van der Waals surface area contributed by atoms with E-state index in [1.54, 1.807) is 6.08 Å². The Hall–Kier alpha value is -1.36. The number of hydrogen-bond donors (Lipinski definition) is 1. The van der Waals surface area contributed by atoms with E-state index in [1.807, 2.05) is 37.3 Å². The highest BCUT2D eigenvalue weighted by Crippen LogP contribution is 2.09. The summed E-state index contributed by atoms with van der Waals surface area (Å²) in [6, 6.07) is 9.85. The van der Waals surface area contributed by atoms with Crippen LogP contribution in [0.3, 0.4) is 0 Å². The number of hydrogen-bond acceptors (Lipinski definition) is 4. The molecule has 4 nitrogen and oxygen atoms in total. The molecule has 148 valence electrons. The molecule has 0 saturated carbocycles. The average molecular weight is 364 g/mol. The van der Waals surface area contributed by atoms with Crippen LogP contribution in [0, 0.1) is 0 Å². The van der Waals surface area contributed by atoms with Crippen molar-refractivity contribution >= 4 is 0 Å². The van der Waals surface area contributed by atoms with Gasteiger partial charge < -0.3 is 14.2 Å². The van der Waals surface area contributed by atoms with E-state index in [9.17, 15) is 0 Å². The van der Waals surface area contributed by atoms with E-state index in [-0.39, 0.29) is 6.10 Å². The lowest BCUT2D eigenvalue weighted by molar-refractivity contribution is 0.0220. The molecule has 0 aliphatic carbocycles. The van der Waals surface area contributed by atoms with Crippen LogP contribution < -0.4 is 10.1 Å². The number of ether oxygens (including phenoxy) is 3. The summed E-state index contributed by atoms with van der Waals surface area (Å²) in [6.07, 6.45) is 10.8. The molecule has 1 rings (SSSR count). The van der Waals surface area contributed by atoms with Crippen LogP contribution in [0.4, 0.5) is 0 Å². The maximum absolute atomic E-state index is 5.71. The molecule has 0 radical (unpaired) electrons. The molecule has 0 aliphatic rings. The zero-order valence-electron chi connectivity index (χ0n) is 16.5. The number of unbranched alkanes of at least 4 members (excludes halogenated alkanes) is 6. The normalized spacial score (nSPS) is 12.0. The summed E-state index contributed by atoms with van der Waals surface area (Å²) in [5.41, 5.74) is 0. The van der Waals surface area contributed by atoms with Crippen LogP contribution in [0.15, 0.2) is 43.0 Å². The van der Waals surface area contributed by atoms with Gasteiger partial charge in [0.25, 0.3) is 0 Å².